The summed E-state index contributed by atoms with van der Waals surface area (Å²) in [6, 6.07) is 10.2. The summed E-state index contributed by atoms with van der Waals surface area (Å²) >= 11 is 5.97. The van der Waals surface area contributed by atoms with Crippen LogP contribution >= 0.6 is 11.6 Å². The van der Waals surface area contributed by atoms with Gasteiger partial charge in [-0.25, -0.2) is 0 Å². The molecule has 1 amide bonds. The van der Waals surface area contributed by atoms with Gasteiger partial charge in [-0.3, -0.25) is 4.79 Å². The van der Waals surface area contributed by atoms with Crippen LogP contribution in [0.3, 0.4) is 0 Å². The standard InChI is InChI=1S/C19H28ClNO/c1-15(2)12-21(18(22)19(4,5)14-20)13-16(3)11-17-9-7-6-8-10-17/h6-11,15H,12-14H2,1-5H3/b16-11+. The van der Waals surface area contributed by atoms with E-state index in [1.807, 2.05) is 36.9 Å². The molecule has 0 aromatic heterocycles. The van der Waals surface area contributed by atoms with Crippen LogP contribution < -0.4 is 0 Å². The summed E-state index contributed by atoms with van der Waals surface area (Å²) in [5.74, 6) is 0.888. The van der Waals surface area contributed by atoms with E-state index in [0.717, 1.165) is 12.1 Å². The first kappa shape index (κ1) is 18.8. The van der Waals surface area contributed by atoms with Crippen LogP contribution in [0.25, 0.3) is 6.08 Å². The lowest BCUT2D eigenvalue weighted by atomic mass is 9.93. The minimum Gasteiger partial charge on any atom is -0.338 e. The lowest BCUT2D eigenvalue weighted by Gasteiger charge is -2.32. The van der Waals surface area contributed by atoms with Gasteiger partial charge in [-0.1, -0.05) is 55.8 Å². The summed E-state index contributed by atoms with van der Waals surface area (Å²) < 4.78 is 0. The van der Waals surface area contributed by atoms with Crippen molar-refractivity contribution in [2.75, 3.05) is 19.0 Å². The maximum absolute atomic E-state index is 12.7. The van der Waals surface area contributed by atoms with Crippen molar-refractivity contribution in [3.63, 3.8) is 0 Å². The van der Waals surface area contributed by atoms with Gasteiger partial charge in [0.05, 0.1) is 5.41 Å². The summed E-state index contributed by atoms with van der Waals surface area (Å²) in [7, 11) is 0. The summed E-state index contributed by atoms with van der Waals surface area (Å²) in [5.41, 5.74) is 1.81. The molecule has 0 heterocycles. The number of hydrogen-bond acceptors (Lipinski definition) is 1. The van der Waals surface area contributed by atoms with E-state index >= 15 is 0 Å². The molecule has 0 unspecified atom stereocenters. The fourth-order valence-electron chi connectivity index (χ4n) is 2.33. The van der Waals surface area contributed by atoms with Crippen LogP contribution in [0.1, 0.15) is 40.2 Å². The molecule has 0 radical (unpaired) electrons. The van der Waals surface area contributed by atoms with Crippen LogP contribution in [0.5, 0.6) is 0 Å². The second kappa shape index (κ2) is 8.38. The third-order valence-electron chi connectivity index (χ3n) is 3.44. The predicted octanol–water partition coefficient (Wildman–Crippen LogP) is 4.84. The van der Waals surface area contributed by atoms with Crippen LogP contribution in [-0.2, 0) is 4.79 Å². The molecule has 0 aliphatic rings. The van der Waals surface area contributed by atoms with Gasteiger partial charge in [-0.05, 0) is 32.3 Å². The topological polar surface area (TPSA) is 20.3 Å². The van der Waals surface area contributed by atoms with Gasteiger partial charge in [0.1, 0.15) is 0 Å². The smallest absolute Gasteiger partial charge is 0.229 e. The Morgan fingerprint density at radius 3 is 2.36 bits per heavy atom. The maximum Gasteiger partial charge on any atom is 0.229 e. The molecule has 0 saturated carbocycles. The summed E-state index contributed by atoms with van der Waals surface area (Å²) in [6.07, 6.45) is 2.13. The highest BCUT2D eigenvalue weighted by Gasteiger charge is 2.31. The molecule has 122 valence electrons. The van der Waals surface area contributed by atoms with Crippen molar-refractivity contribution in [3.05, 3.63) is 41.5 Å². The second-order valence-corrected chi connectivity index (χ2v) is 7.27. The van der Waals surface area contributed by atoms with Gasteiger partial charge in [-0.2, -0.15) is 0 Å². The molecule has 3 heteroatoms. The van der Waals surface area contributed by atoms with Crippen LogP contribution in [-0.4, -0.2) is 29.8 Å². The average Bonchev–Trinajstić information content (AvgIpc) is 2.46. The van der Waals surface area contributed by atoms with Crippen molar-refractivity contribution in [2.24, 2.45) is 11.3 Å². The molecule has 22 heavy (non-hydrogen) atoms. The number of nitrogens with zero attached hydrogens (tertiary/aromatic N) is 1. The van der Waals surface area contributed by atoms with Crippen molar-refractivity contribution in [3.8, 4) is 0 Å². The average molecular weight is 322 g/mol. The summed E-state index contributed by atoms with van der Waals surface area (Å²) in [6.45, 7) is 11.5. The van der Waals surface area contributed by atoms with Crippen molar-refractivity contribution in [2.45, 2.75) is 34.6 Å². The Kier molecular flexibility index (Phi) is 7.15. The molecule has 1 aromatic rings. The van der Waals surface area contributed by atoms with Crippen LogP contribution in [0.15, 0.2) is 35.9 Å². The number of benzene rings is 1. The number of carbonyl (C=O) groups is 1. The van der Waals surface area contributed by atoms with E-state index in [1.165, 1.54) is 5.57 Å². The Bertz CT molecular complexity index is 505. The van der Waals surface area contributed by atoms with Crippen molar-refractivity contribution >= 4 is 23.6 Å². The highest BCUT2D eigenvalue weighted by Crippen LogP contribution is 2.22. The lowest BCUT2D eigenvalue weighted by Crippen LogP contribution is -2.44. The van der Waals surface area contributed by atoms with Crippen molar-refractivity contribution in [1.29, 1.82) is 0 Å². The highest BCUT2D eigenvalue weighted by molar-refractivity contribution is 6.19. The van der Waals surface area contributed by atoms with E-state index in [2.05, 4.69) is 39.0 Å². The number of hydrogen-bond donors (Lipinski definition) is 0. The molecule has 0 spiro atoms. The number of amides is 1. The van der Waals surface area contributed by atoms with E-state index in [0.29, 0.717) is 18.3 Å². The maximum atomic E-state index is 12.7. The van der Waals surface area contributed by atoms with Gasteiger partial charge in [0, 0.05) is 19.0 Å². The van der Waals surface area contributed by atoms with E-state index in [1.54, 1.807) is 0 Å². The lowest BCUT2D eigenvalue weighted by molar-refractivity contribution is -0.139. The second-order valence-electron chi connectivity index (χ2n) is 7.00. The molecule has 1 aromatic carbocycles. The Balaban J connectivity index is 2.89. The molecule has 0 aliphatic heterocycles. The van der Waals surface area contributed by atoms with Crippen molar-refractivity contribution < 1.29 is 4.79 Å². The fourth-order valence-corrected chi connectivity index (χ4v) is 2.44. The van der Waals surface area contributed by atoms with E-state index < -0.39 is 5.41 Å². The fraction of sp³-hybridized carbons (Fsp3) is 0.526. The minimum absolute atomic E-state index is 0.122. The zero-order chi connectivity index (χ0) is 16.8. The third kappa shape index (κ3) is 5.84. The molecule has 2 nitrogen and oxygen atoms in total. The SMILES string of the molecule is C/C(=C\c1ccccc1)CN(CC(C)C)C(=O)C(C)(C)CCl. The van der Waals surface area contributed by atoms with Gasteiger partial charge in [0.25, 0.3) is 0 Å². The molecular weight excluding hydrogens is 294 g/mol. The predicted molar refractivity (Wildman–Crippen MR) is 96.0 cm³/mol. The van der Waals surface area contributed by atoms with Crippen LogP contribution in [0.2, 0.25) is 0 Å². The van der Waals surface area contributed by atoms with Gasteiger partial charge >= 0.3 is 0 Å². The van der Waals surface area contributed by atoms with Crippen LogP contribution in [0.4, 0.5) is 0 Å². The van der Waals surface area contributed by atoms with E-state index in [-0.39, 0.29) is 5.91 Å². The summed E-state index contributed by atoms with van der Waals surface area (Å²) in [4.78, 5) is 14.7. The summed E-state index contributed by atoms with van der Waals surface area (Å²) in [5, 5.41) is 0. The number of rotatable bonds is 7. The van der Waals surface area contributed by atoms with Crippen LogP contribution in [0, 0.1) is 11.3 Å². The molecule has 0 N–H and O–H groups in total. The quantitative estimate of drug-likeness (QED) is 0.658. The van der Waals surface area contributed by atoms with Gasteiger partial charge in [0.15, 0.2) is 0 Å². The molecule has 0 saturated heterocycles. The molecule has 0 atom stereocenters. The number of carbonyl (C=O) groups excluding carboxylic acids is 1. The normalized spacial score (nSPS) is 12.6. The monoisotopic (exact) mass is 321 g/mol. The zero-order valence-corrected chi connectivity index (χ0v) is 15.2. The Morgan fingerprint density at radius 2 is 1.86 bits per heavy atom. The van der Waals surface area contributed by atoms with Gasteiger partial charge in [-0.15, -0.1) is 11.6 Å². The zero-order valence-electron chi connectivity index (χ0n) is 14.4. The number of alkyl halides is 1. The first-order chi connectivity index (χ1) is 10.3. The number of halogens is 1. The Morgan fingerprint density at radius 1 is 1.27 bits per heavy atom. The Labute approximate surface area is 140 Å². The first-order valence-electron chi connectivity index (χ1n) is 7.84. The largest absolute Gasteiger partial charge is 0.338 e. The van der Waals surface area contributed by atoms with E-state index in [9.17, 15) is 4.79 Å². The molecule has 0 aliphatic carbocycles. The van der Waals surface area contributed by atoms with E-state index in [4.69, 9.17) is 11.6 Å². The molecule has 0 fully saturated rings. The van der Waals surface area contributed by atoms with Gasteiger partial charge in [0.2, 0.25) is 5.91 Å². The third-order valence-corrected chi connectivity index (χ3v) is 4.11. The molecular formula is C19H28ClNO. The first-order valence-corrected chi connectivity index (χ1v) is 8.37. The molecule has 0 bridgehead atoms. The Hall–Kier alpha value is -1.28. The van der Waals surface area contributed by atoms with Crippen molar-refractivity contribution in [1.82, 2.24) is 4.90 Å². The highest BCUT2D eigenvalue weighted by atomic mass is 35.5. The minimum atomic E-state index is -0.524. The van der Waals surface area contributed by atoms with Gasteiger partial charge < -0.3 is 4.90 Å². The molecule has 1 rings (SSSR count).